The maximum Gasteiger partial charge on any atom is 0.471 e. The fourth-order valence-electron chi connectivity index (χ4n) is 2.07. The van der Waals surface area contributed by atoms with E-state index >= 15 is 0 Å². The van der Waals surface area contributed by atoms with Crippen molar-refractivity contribution in [1.29, 1.82) is 0 Å². The molecule has 132 valence electrons. The maximum atomic E-state index is 12.2. The van der Waals surface area contributed by atoms with E-state index in [1.807, 2.05) is 19.9 Å². The van der Waals surface area contributed by atoms with Gasteiger partial charge in [-0.25, -0.2) is 0 Å². The molecule has 0 fully saturated rings. The van der Waals surface area contributed by atoms with Crippen molar-refractivity contribution in [3.8, 4) is 0 Å². The van der Waals surface area contributed by atoms with E-state index in [9.17, 15) is 22.8 Å². The molecule has 0 radical (unpaired) electrons. The van der Waals surface area contributed by atoms with Gasteiger partial charge >= 0.3 is 12.1 Å². The number of amides is 2. The molecule has 0 saturated heterocycles. The van der Waals surface area contributed by atoms with Gasteiger partial charge in [-0.05, 0) is 54.8 Å². The highest BCUT2D eigenvalue weighted by molar-refractivity contribution is 6.04. The Morgan fingerprint density at radius 2 is 1.60 bits per heavy atom. The number of halogens is 3. The second-order valence-corrected chi connectivity index (χ2v) is 5.63. The summed E-state index contributed by atoms with van der Waals surface area (Å²) in [6.45, 7) is 3.62. The van der Waals surface area contributed by atoms with Crippen molar-refractivity contribution in [2.45, 2.75) is 26.6 Å². The molecule has 0 saturated carbocycles. The van der Waals surface area contributed by atoms with Crippen LogP contribution in [0.25, 0.3) is 0 Å². The normalized spacial score (nSPS) is 11.1. The number of anilines is 1. The second-order valence-electron chi connectivity index (χ2n) is 5.63. The van der Waals surface area contributed by atoms with E-state index < -0.39 is 12.1 Å². The monoisotopic (exact) mass is 350 g/mol. The molecule has 0 aliphatic rings. The van der Waals surface area contributed by atoms with Crippen LogP contribution in [0.5, 0.6) is 0 Å². The molecule has 4 nitrogen and oxygen atoms in total. The molecule has 0 spiro atoms. The Hall–Kier alpha value is -2.83. The standard InChI is InChI=1S/C18H17F3N2O2/c1-11-3-6-14(9-12(11)2)16(24)23-15-7-4-13(5-8-15)10-22-17(25)18(19,20)21/h3-9H,10H2,1-2H3,(H,22,25)(H,23,24). The molecule has 0 aliphatic carbocycles. The first-order chi connectivity index (χ1) is 11.7. The summed E-state index contributed by atoms with van der Waals surface area (Å²) >= 11 is 0. The first kappa shape index (κ1) is 18.5. The zero-order valence-corrected chi connectivity index (χ0v) is 13.7. The zero-order valence-electron chi connectivity index (χ0n) is 13.7. The smallest absolute Gasteiger partial charge is 0.344 e. The van der Waals surface area contributed by atoms with Crippen LogP contribution in [0.3, 0.4) is 0 Å². The van der Waals surface area contributed by atoms with Crippen LogP contribution in [0, 0.1) is 13.8 Å². The molecule has 0 atom stereocenters. The number of rotatable bonds is 4. The van der Waals surface area contributed by atoms with Crippen molar-refractivity contribution < 1.29 is 22.8 Å². The van der Waals surface area contributed by atoms with Gasteiger partial charge in [-0.2, -0.15) is 13.2 Å². The number of hydrogen-bond donors (Lipinski definition) is 2. The van der Waals surface area contributed by atoms with Gasteiger partial charge < -0.3 is 10.6 Å². The van der Waals surface area contributed by atoms with E-state index in [1.54, 1.807) is 29.6 Å². The molecule has 25 heavy (non-hydrogen) atoms. The number of carbonyl (C=O) groups excluding carboxylic acids is 2. The van der Waals surface area contributed by atoms with Crippen LogP contribution in [-0.4, -0.2) is 18.0 Å². The van der Waals surface area contributed by atoms with Crippen molar-refractivity contribution in [2.24, 2.45) is 0 Å². The summed E-state index contributed by atoms with van der Waals surface area (Å²) < 4.78 is 36.3. The fraction of sp³-hybridized carbons (Fsp3) is 0.222. The van der Waals surface area contributed by atoms with Gasteiger partial charge in [0.2, 0.25) is 0 Å². The number of carbonyl (C=O) groups is 2. The van der Waals surface area contributed by atoms with Gasteiger partial charge in [0.25, 0.3) is 5.91 Å². The van der Waals surface area contributed by atoms with Crippen molar-refractivity contribution in [2.75, 3.05) is 5.32 Å². The lowest BCUT2D eigenvalue weighted by atomic mass is 10.1. The third-order valence-electron chi connectivity index (χ3n) is 3.69. The molecule has 0 aromatic heterocycles. The minimum absolute atomic E-state index is 0.246. The molecular weight excluding hydrogens is 333 g/mol. The van der Waals surface area contributed by atoms with Crippen LogP contribution in [0.4, 0.5) is 18.9 Å². The molecule has 7 heteroatoms. The molecule has 0 unspecified atom stereocenters. The highest BCUT2D eigenvalue weighted by Gasteiger charge is 2.38. The Morgan fingerprint density at radius 1 is 0.960 bits per heavy atom. The Kier molecular flexibility index (Phi) is 5.46. The fourth-order valence-corrected chi connectivity index (χ4v) is 2.07. The third-order valence-corrected chi connectivity index (χ3v) is 3.69. The largest absolute Gasteiger partial charge is 0.471 e. The maximum absolute atomic E-state index is 12.2. The first-order valence-electron chi connectivity index (χ1n) is 7.49. The number of nitrogens with one attached hydrogen (secondary N) is 2. The number of hydrogen-bond acceptors (Lipinski definition) is 2. The Labute approximate surface area is 143 Å². The summed E-state index contributed by atoms with van der Waals surface area (Å²) in [6, 6.07) is 11.6. The van der Waals surface area contributed by atoms with E-state index in [0.717, 1.165) is 11.1 Å². The van der Waals surface area contributed by atoms with E-state index in [0.29, 0.717) is 16.8 Å². The van der Waals surface area contributed by atoms with Crippen molar-refractivity contribution in [1.82, 2.24) is 5.32 Å². The summed E-state index contributed by atoms with van der Waals surface area (Å²) in [5, 5.41) is 4.50. The van der Waals surface area contributed by atoms with Crippen molar-refractivity contribution >= 4 is 17.5 Å². The SMILES string of the molecule is Cc1ccc(C(=O)Nc2ccc(CNC(=O)C(F)(F)F)cc2)cc1C. The van der Waals surface area contributed by atoms with Gasteiger partial charge in [0, 0.05) is 17.8 Å². The molecular formula is C18H17F3N2O2. The predicted molar refractivity (Wildman–Crippen MR) is 88.2 cm³/mol. The van der Waals surface area contributed by atoms with Crippen LogP contribution >= 0.6 is 0 Å². The quantitative estimate of drug-likeness (QED) is 0.883. The average Bonchev–Trinajstić information content (AvgIpc) is 2.55. The first-order valence-corrected chi connectivity index (χ1v) is 7.49. The number of alkyl halides is 3. The van der Waals surface area contributed by atoms with E-state index in [1.165, 1.54) is 12.1 Å². The summed E-state index contributed by atoms with van der Waals surface area (Å²) in [7, 11) is 0. The zero-order chi connectivity index (χ0) is 18.6. The van der Waals surface area contributed by atoms with E-state index in [-0.39, 0.29) is 12.5 Å². The molecule has 2 rings (SSSR count). The minimum Gasteiger partial charge on any atom is -0.344 e. The Balaban J connectivity index is 1.97. The van der Waals surface area contributed by atoms with Crippen molar-refractivity contribution in [3.63, 3.8) is 0 Å². The minimum atomic E-state index is -4.90. The molecule has 2 aromatic carbocycles. The lowest BCUT2D eigenvalue weighted by Crippen LogP contribution is -2.36. The van der Waals surface area contributed by atoms with Gasteiger partial charge in [-0.1, -0.05) is 18.2 Å². The number of benzene rings is 2. The Morgan fingerprint density at radius 3 is 2.16 bits per heavy atom. The van der Waals surface area contributed by atoms with Gasteiger partial charge in [-0.15, -0.1) is 0 Å². The summed E-state index contributed by atoms with van der Waals surface area (Å²) in [4.78, 5) is 23.0. The topological polar surface area (TPSA) is 58.2 Å². The van der Waals surface area contributed by atoms with Crippen LogP contribution in [0.1, 0.15) is 27.0 Å². The highest BCUT2D eigenvalue weighted by Crippen LogP contribution is 2.16. The lowest BCUT2D eigenvalue weighted by Gasteiger charge is -2.10. The van der Waals surface area contributed by atoms with Crippen LogP contribution in [0.15, 0.2) is 42.5 Å². The van der Waals surface area contributed by atoms with Crippen LogP contribution < -0.4 is 10.6 Å². The lowest BCUT2D eigenvalue weighted by molar-refractivity contribution is -0.173. The van der Waals surface area contributed by atoms with Crippen LogP contribution in [-0.2, 0) is 11.3 Å². The van der Waals surface area contributed by atoms with E-state index in [2.05, 4.69) is 5.32 Å². The summed E-state index contributed by atoms with van der Waals surface area (Å²) in [6.07, 6.45) is -4.90. The molecule has 2 aromatic rings. The molecule has 2 amide bonds. The van der Waals surface area contributed by atoms with E-state index in [4.69, 9.17) is 0 Å². The third kappa shape index (κ3) is 5.07. The summed E-state index contributed by atoms with van der Waals surface area (Å²) in [5.74, 6) is -2.26. The average molecular weight is 350 g/mol. The van der Waals surface area contributed by atoms with Crippen LogP contribution in [0.2, 0.25) is 0 Å². The van der Waals surface area contributed by atoms with Crippen molar-refractivity contribution in [3.05, 3.63) is 64.7 Å². The molecule has 0 heterocycles. The molecule has 2 N–H and O–H groups in total. The van der Waals surface area contributed by atoms with Gasteiger partial charge in [0.05, 0.1) is 0 Å². The Bertz CT molecular complexity index is 784. The highest BCUT2D eigenvalue weighted by atomic mass is 19.4. The van der Waals surface area contributed by atoms with Gasteiger partial charge in [0.15, 0.2) is 0 Å². The van der Waals surface area contributed by atoms with Gasteiger partial charge in [0.1, 0.15) is 0 Å². The molecule has 0 bridgehead atoms. The summed E-state index contributed by atoms with van der Waals surface area (Å²) in [5.41, 5.74) is 3.60. The second kappa shape index (κ2) is 7.38. The predicted octanol–water partition coefficient (Wildman–Crippen LogP) is 3.73. The molecule has 0 aliphatic heterocycles. The number of aryl methyl sites for hydroxylation is 2. The van der Waals surface area contributed by atoms with Gasteiger partial charge in [-0.3, -0.25) is 9.59 Å².